The van der Waals surface area contributed by atoms with E-state index >= 15 is 0 Å². The van der Waals surface area contributed by atoms with Crippen LogP contribution in [0.5, 0.6) is 0 Å². The zero-order chi connectivity index (χ0) is 14.9. The number of hydrogen-bond acceptors (Lipinski definition) is 4. The molecule has 1 fully saturated rings. The number of rotatable bonds is 3. The minimum Gasteiger partial charge on any atom is -0.379 e. The first-order valence-corrected chi connectivity index (χ1v) is 6.96. The van der Waals surface area contributed by atoms with E-state index in [2.05, 4.69) is 21.2 Å². The largest absolute Gasteiger partial charge is 0.379 e. The van der Waals surface area contributed by atoms with Crippen LogP contribution in [0.25, 0.3) is 0 Å². The SMILES string of the molecule is Cc1c(C(=O)N[C@]2(C)CCOC2)cc(Br)cc1[N+](=O)[O-]. The fourth-order valence-corrected chi connectivity index (χ4v) is 2.64. The van der Waals surface area contributed by atoms with Crippen molar-refractivity contribution in [3.63, 3.8) is 0 Å². The van der Waals surface area contributed by atoms with E-state index in [4.69, 9.17) is 4.74 Å². The Hall–Kier alpha value is -1.47. The molecule has 2 rings (SSSR count). The molecule has 1 amide bonds. The molecular weight excluding hydrogens is 328 g/mol. The number of amides is 1. The van der Waals surface area contributed by atoms with Gasteiger partial charge in [-0.05, 0) is 26.3 Å². The molecule has 1 heterocycles. The first kappa shape index (κ1) is 14.9. The molecule has 1 N–H and O–H groups in total. The lowest BCUT2D eigenvalue weighted by Gasteiger charge is -2.24. The van der Waals surface area contributed by atoms with Crippen LogP contribution in [0.1, 0.15) is 29.3 Å². The molecular formula is C13H15BrN2O4. The van der Waals surface area contributed by atoms with Crippen LogP contribution in [0.2, 0.25) is 0 Å². The number of carbonyl (C=O) groups is 1. The van der Waals surface area contributed by atoms with E-state index in [0.717, 1.165) is 6.42 Å². The minimum absolute atomic E-state index is 0.0719. The maximum absolute atomic E-state index is 12.3. The lowest BCUT2D eigenvalue weighted by molar-refractivity contribution is -0.385. The summed E-state index contributed by atoms with van der Waals surface area (Å²) in [6.07, 6.45) is 0.730. The standard InChI is InChI=1S/C13H15BrN2O4/c1-8-10(5-9(14)6-11(8)16(18)19)12(17)15-13(2)3-4-20-7-13/h5-6H,3-4,7H2,1-2H3,(H,15,17)/t13-/m1/s1. The van der Waals surface area contributed by atoms with Crippen LogP contribution in [-0.4, -0.2) is 29.6 Å². The normalized spacial score (nSPS) is 21.8. The zero-order valence-electron chi connectivity index (χ0n) is 11.2. The van der Waals surface area contributed by atoms with Crippen LogP contribution in [0.15, 0.2) is 16.6 Å². The Balaban J connectivity index is 2.32. The Labute approximate surface area is 124 Å². The number of nitrogens with one attached hydrogen (secondary N) is 1. The van der Waals surface area contributed by atoms with Gasteiger partial charge in [0.15, 0.2) is 0 Å². The maximum Gasteiger partial charge on any atom is 0.274 e. The molecule has 0 spiro atoms. The molecule has 1 atom stereocenters. The van der Waals surface area contributed by atoms with Crippen molar-refractivity contribution in [2.24, 2.45) is 0 Å². The molecule has 0 saturated carbocycles. The predicted octanol–water partition coefficient (Wildman–Crippen LogP) is 2.57. The van der Waals surface area contributed by atoms with Crippen LogP contribution in [0.3, 0.4) is 0 Å². The van der Waals surface area contributed by atoms with E-state index in [-0.39, 0.29) is 11.6 Å². The number of carbonyl (C=O) groups excluding carboxylic acids is 1. The van der Waals surface area contributed by atoms with Gasteiger partial charge in [-0.1, -0.05) is 15.9 Å². The number of ether oxygens (including phenoxy) is 1. The summed E-state index contributed by atoms with van der Waals surface area (Å²) < 4.78 is 5.79. The summed E-state index contributed by atoms with van der Waals surface area (Å²) in [7, 11) is 0. The molecule has 1 aromatic carbocycles. The van der Waals surface area contributed by atoms with Crippen molar-refractivity contribution in [2.75, 3.05) is 13.2 Å². The van der Waals surface area contributed by atoms with Gasteiger partial charge in [0.05, 0.1) is 22.6 Å². The Morgan fingerprint density at radius 1 is 1.55 bits per heavy atom. The Morgan fingerprint density at radius 2 is 2.25 bits per heavy atom. The average Bonchev–Trinajstić information content (AvgIpc) is 2.77. The van der Waals surface area contributed by atoms with Crippen molar-refractivity contribution in [1.82, 2.24) is 5.32 Å². The smallest absolute Gasteiger partial charge is 0.274 e. The number of nitrogens with zero attached hydrogens (tertiary/aromatic N) is 1. The molecule has 1 aliphatic rings. The molecule has 0 bridgehead atoms. The molecule has 1 aliphatic heterocycles. The van der Waals surface area contributed by atoms with E-state index in [9.17, 15) is 14.9 Å². The van der Waals surface area contributed by atoms with Crippen LogP contribution in [0, 0.1) is 17.0 Å². The fraction of sp³-hybridized carbons (Fsp3) is 0.462. The summed E-state index contributed by atoms with van der Waals surface area (Å²) in [5, 5.41) is 13.9. The van der Waals surface area contributed by atoms with Gasteiger partial charge in [-0.15, -0.1) is 0 Å². The first-order valence-electron chi connectivity index (χ1n) is 6.17. The molecule has 0 unspecified atom stereocenters. The summed E-state index contributed by atoms with van der Waals surface area (Å²) in [4.78, 5) is 22.8. The lowest BCUT2D eigenvalue weighted by Crippen LogP contribution is -2.46. The van der Waals surface area contributed by atoms with Crippen LogP contribution < -0.4 is 5.32 Å². The summed E-state index contributed by atoms with van der Waals surface area (Å²) in [6.45, 7) is 4.54. The van der Waals surface area contributed by atoms with Crippen molar-refractivity contribution >= 4 is 27.5 Å². The molecule has 1 saturated heterocycles. The van der Waals surface area contributed by atoms with Gasteiger partial charge in [0.1, 0.15) is 0 Å². The number of benzene rings is 1. The highest BCUT2D eigenvalue weighted by molar-refractivity contribution is 9.10. The maximum atomic E-state index is 12.3. The summed E-state index contributed by atoms with van der Waals surface area (Å²) >= 11 is 3.20. The van der Waals surface area contributed by atoms with Crippen molar-refractivity contribution in [2.45, 2.75) is 25.8 Å². The Bertz CT molecular complexity index is 568. The second kappa shape index (κ2) is 5.49. The van der Waals surface area contributed by atoms with Crippen LogP contribution >= 0.6 is 15.9 Å². The molecule has 0 radical (unpaired) electrons. The third-order valence-corrected chi connectivity index (χ3v) is 3.88. The molecule has 6 nitrogen and oxygen atoms in total. The molecule has 0 aromatic heterocycles. The van der Waals surface area contributed by atoms with Crippen molar-refractivity contribution in [3.05, 3.63) is 37.8 Å². The van der Waals surface area contributed by atoms with Gasteiger partial charge in [-0.3, -0.25) is 14.9 Å². The Kier molecular flexibility index (Phi) is 4.10. The highest BCUT2D eigenvalue weighted by atomic mass is 79.9. The average molecular weight is 343 g/mol. The highest BCUT2D eigenvalue weighted by Gasteiger charge is 2.32. The predicted molar refractivity (Wildman–Crippen MR) is 76.8 cm³/mol. The number of nitro benzene ring substituents is 1. The van der Waals surface area contributed by atoms with E-state index in [1.54, 1.807) is 13.0 Å². The third-order valence-electron chi connectivity index (χ3n) is 3.42. The van der Waals surface area contributed by atoms with Crippen LogP contribution in [-0.2, 0) is 4.74 Å². The van der Waals surface area contributed by atoms with E-state index in [0.29, 0.717) is 28.8 Å². The monoisotopic (exact) mass is 342 g/mol. The van der Waals surface area contributed by atoms with Gasteiger partial charge in [-0.25, -0.2) is 0 Å². The number of hydrogen-bond donors (Lipinski definition) is 1. The molecule has 1 aromatic rings. The zero-order valence-corrected chi connectivity index (χ0v) is 12.8. The van der Waals surface area contributed by atoms with E-state index in [1.807, 2.05) is 6.92 Å². The molecule has 108 valence electrons. The lowest BCUT2D eigenvalue weighted by atomic mass is 9.99. The molecule has 20 heavy (non-hydrogen) atoms. The van der Waals surface area contributed by atoms with E-state index < -0.39 is 10.5 Å². The first-order chi connectivity index (χ1) is 9.32. The van der Waals surface area contributed by atoms with Crippen molar-refractivity contribution in [1.29, 1.82) is 0 Å². The number of halogens is 1. The third kappa shape index (κ3) is 2.99. The van der Waals surface area contributed by atoms with Gasteiger partial charge < -0.3 is 10.1 Å². The van der Waals surface area contributed by atoms with Gasteiger partial charge in [0.2, 0.25) is 0 Å². The second-order valence-corrected chi connectivity index (χ2v) is 6.09. The fourth-order valence-electron chi connectivity index (χ4n) is 2.20. The minimum atomic E-state index is -0.489. The summed E-state index contributed by atoms with van der Waals surface area (Å²) in [5.41, 5.74) is 0.176. The second-order valence-electron chi connectivity index (χ2n) is 5.17. The highest BCUT2D eigenvalue weighted by Crippen LogP contribution is 2.28. The van der Waals surface area contributed by atoms with E-state index in [1.165, 1.54) is 6.07 Å². The van der Waals surface area contributed by atoms with Crippen molar-refractivity contribution in [3.8, 4) is 0 Å². The molecule has 7 heteroatoms. The van der Waals surface area contributed by atoms with Gasteiger partial charge in [0.25, 0.3) is 11.6 Å². The topological polar surface area (TPSA) is 81.5 Å². The quantitative estimate of drug-likeness (QED) is 0.676. The van der Waals surface area contributed by atoms with Crippen LogP contribution in [0.4, 0.5) is 5.69 Å². The summed E-state index contributed by atoms with van der Waals surface area (Å²) in [6, 6.07) is 2.99. The van der Waals surface area contributed by atoms with Gasteiger partial charge in [0, 0.05) is 22.7 Å². The number of nitro groups is 1. The summed E-state index contributed by atoms with van der Waals surface area (Å²) in [5.74, 6) is -0.320. The molecule has 0 aliphatic carbocycles. The van der Waals surface area contributed by atoms with Crippen molar-refractivity contribution < 1.29 is 14.5 Å². The van der Waals surface area contributed by atoms with Gasteiger partial charge in [-0.2, -0.15) is 0 Å². The van der Waals surface area contributed by atoms with Gasteiger partial charge >= 0.3 is 0 Å². The Morgan fingerprint density at radius 3 is 2.80 bits per heavy atom.